The molecule has 1 aromatic heterocycles. The smallest absolute Gasteiger partial charge is 0.409 e. The Balaban J connectivity index is 0.00000280. The molecule has 2 heterocycles. The Kier molecular flexibility index (Phi) is 7.51. The number of amides is 1. The standard InChI is InChI=1S/C19H26N4O4.ClH/c1-13(2)11-27-19(24)23-7-5-22(6-8-23)18-14-9-16(25-3)17(26-4)10-15(14)20-12-21-18;/h9-10,12-13H,5-8,11H2,1-4H3;1H. The molecule has 1 amide bonds. The van der Waals surface area contributed by atoms with Crippen LogP contribution in [0.1, 0.15) is 13.8 Å². The van der Waals surface area contributed by atoms with Gasteiger partial charge in [0.05, 0.1) is 26.3 Å². The van der Waals surface area contributed by atoms with Crippen molar-refractivity contribution in [1.29, 1.82) is 0 Å². The van der Waals surface area contributed by atoms with Crippen LogP contribution in [0.2, 0.25) is 0 Å². The minimum atomic E-state index is -0.248. The minimum absolute atomic E-state index is 0. The van der Waals surface area contributed by atoms with E-state index in [1.807, 2.05) is 26.0 Å². The Labute approximate surface area is 171 Å². The quantitative estimate of drug-likeness (QED) is 0.749. The highest BCUT2D eigenvalue weighted by Crippen LogP contribution is 2.34. The molecule has 0 radical (unpaired) electrons. The summed E-state index contributed by atoms with van der Waals surface area (Å²) in [6.45, 7) is 7.03. The lowest BCUT2D eigenvalue weighted by atomic mass is 10.2. The van der Waals surface area contributed by atoms with Crippen LogP contribution in [-0.4, -0.2) is 68.0 Å². The molecule has 0 bridgehead atoms. The number of aromatic nitrogens is 2. The fourth-order valence-electron chi connectivity index (χ4n) is 3.05. The van der Waals surface area contributed by atoms with Crippen LogP contribution in [0.15, 0.2) is 18.5 Å². The molecular weight excluding hydrogens is 384 g/mol. The average molecular weight is 411 g/mol. The van der Waals surface area contributed by atoms with Crippen molar-refractivity contribution in [3.63, 3.8) is 0 Å². The van der Waals surface area contributed by atoms with Crippen LogP contribution in [0, 0.1) is 5.92 Å². The Bertz CT molecular complexity index is 810. The van der Waals surface area contributed by atoms with Gasteiger partial charge in [-0.05, 0) is 12.0 Å². The minimum Gasteiger partial charge on any atom is -0.493 e. The first kappa shape index (κ1) is 21.8. The van der Waals surface area contributed by atoms with Gasteiger partial charge < -0.3 is 24.0 Å². The summed E-state index contributed by atoms with van der Waals surface area (Å²) in [5.41, 5.74) is 0.788. The lowest BCUT2D eigenvalue weighted by Gasteiger charge is -2.35. The van der Waals surface area contributed by atoms with E-state index >= 15 is 0 Å². The molecule has 1 saturated heterocycles. The van der Waals surface area contributed by atoms with Crippen molar-refractivity contribution in [2.75, 3.05) is 51.9 Å². The zero-order valence-corrected chi connectivity index (χ0v) is 17.5. The zero-order chi connectivity index (χ0) is 19.4. The van der Waals surface area contributed by atoms with E-state index in [2.05, 4.69) is 14.9 Å². The molecule has 154 valence electrons. The summed E-state index contributed by atoms with van der Waals surface area (Å²) in [6, 6.07) is 3.74. The third kappa shape index (κ3) is 4.67. The molecule has 0 saturated carbocycles. The maximum absolute atomic E-state index is 12.1. The fraction of sp³-hybridized carbons (Fsp3) is 0.526. The highest BCUT2D eigenvalue weighted by Gasteiger charge is 2.24. The monoisotopic (exact) mass is 410 g/mol. The van der Waals surface area contributed by atoms with Gasteiger partial charge >= 0.3 is 6.09 Å². The lowest BCUT2D eigenvalue weighted by Crippen LogP contribution is -2.49. The van der Waals surface area contributed by atoms with Crippen LogP contribution in [0.5, 0.6) is 11.5 Å². The molecule has 28 heavy (non-hydrogen) atoms. The van der Waals surface area contributed by atoms with Gasteiger partial charge in [-0.2, -0.15) is 0 Å². The predicted molar refractivity (Wildman–Crippen MR) is 110 cm³/mol. The second kappa shape index (κ2) is 9.64. The van der Waals surface area contributed by atoms with Crippen LogP contribution in [-0.2, 0) is 4.74 Å². The molecule has 0 unspecified atom stereocenters. The fourth-order valence-corrected chi connectivity index (χ4v) is 3.05. The normalized spacial score (nSPS) is 14.0. The van der Waals surface area contributed by atoms with Gasteiger partial charge in [-0.1, -0.05) is 13.8 Å². The van der Waals surface area contributed by atoms with Gasteiger partial charge in [0.1, 0.15) is 12.1 Å². The number of rotatable bonds is 5. The van der Waals surface area contributed by atoms with Crippen LogP contribution in [0.3, 0.4) is 0 Å². The number of nitrogens with zero attached hydrogens (tertiary/aromatic N) is 4. The molecule has 1 fully saturated rings. The number of anilines is 1. The molecule has 9 heteroatoms. The van der Waals surface area contributed by atoms with Crippen molar-refractivity contribution >= 4 is 35.2 Å². The van der Waals surface area contributed by atoms with Crippen LogP contribution in [0.4, 0.5) is 10.6 Å². The van der Waals surface area contributed by atoms with Gasteiger partial charge in [0.15, 0.2) is 11.5 Å². The number of carbonyl (C=O) groups is 1. The highest BCUT2D eigenvalue weighted by molar-refractivity contribution is 5.92. The van der Waals surface area contributed by atoms with E-state index in [1.54, 1.807) is 25.4 Å². The van der Waals surface area contributed by atoms with Crippen molar-refractivity contribution < 1.29 is 19.0 Å². The summed E-state index contributed by atoms with van der Waals surface area (Å²) >= 11 is 0. The van der Waals surface area contributed by atoms with E-state index in [4.69, 9.17) is 14.2 Å². The van der Waals surface area contributed by atoms with E-state index in [-0.39, 0.29) is 18.5 Å². The number of ether oxygens (including phenoxy) is 3. The second-order valence-electron chi connectivity index (χ2n) is 6.87. The van der Waals surface area contributed by atoms with Gasteiger partial charge in [0.2, 0.25) is 0 Å². The van der Waals surface area contributed by atoms with E-state index < -0.39 is 0 Å². The maximum Gasteiger partial charge on any atom is 0.409 e. The third-order valence-corrected chi connectivity index (χ3v) is 4.50. The Morgan fingerprint density at radius 3 is 2.32 bits per heavy atom. The zero-order valence-electron chi connectivity index (χ0n) is 16.7. The van der Waals surface area contributed by atoms with Gasteiger partial charge in [0, 0.05) is 37.6 Å². The first-order valence-electron chi connectivity index (χ1n) is 9.07. The molecular formula is C19H27ClN4O4. The Morgan fingerprint density at radius 2 is 1.71 bits per heavy atom. The Morgan fingerprint density at radius 1 is 1.07 bits per heavy atom. The maximum atomic E-state index is 12.1. The van der Waals surface area contributed by atoms with Crippen molar-refractivity contribution in [3.05, 3.63) is 18.5 Å². The number of hydrogen-bond acceptors (Lipinski definition) is 7. The van der Waals surface area contributed by atoms with Crippen molar-refractivity contribution in [2.24, 2.45) is 5.92 Å². The summed E-state index contributed by atoms with van der Waals surface area (Å²) in [7, 11) is 3.21. The third-order valence-electron chi connectivity index (χ3n) is 4.50. The largest absolute Gasteiger partial charge is 0.493 e. The summed E-state index contributed by atoms with van der Waals surface area (Å²) in [4.78, 5) is 24.9. The SMILES string of the molecule is COc1cc2ncnc(N3CCN(C(=O)OCC(C)C)CC3)c2cc1OC.Cl. The molecule has 0 spiro atoms. The number of carbonyl (C=O) groups excluding carboxylic acids is 1. The second-order valence-corrected chi connectivity index (χ2v) is 6.87. The van der Waals surface area contributed by atoms with Crippen molar-refractivity contribution in [1.82, 2.24) is 14.9 Å². The molecule has 0 aliphatic carbocycles. The number of piperazine rings is 1. The molecule has 0 atom stereocenters. The van der Waals surface area contributed by atoms with Crippen LogP contribution < -0.4 is 14.4 Å². The molecule has 1 aliphatic heterocycles. The summed E-state index contributed by atoms with van der Waals surface area (Å²) in [6.07, 6.45) is 1.30. The molecule has 8 nitrogen and oxygen atoms in total. The van der Waals surface area contributed by atoms with E-state index in [9.17, 15) is 4.79 Å². The summed E-state index contributed by atoms with van der Waals surface area (Å²) in [5, 5.41) is 0.894. The number of hydrogen-bond donors (Lipinski definition) is 0. The van der Waals surface area contributed by atoms with Gasteiger partial charge in [0.25, 0.3) is 0 Å². The topological polar surface area (TPSA) is 77.0 Å². The Hall–Kier alpha value is -2.48. The number of fused-ring (bicyclic) bond motifs is 1. The molecule has 1 aliphatic rings. The number of benzene rings is 1. The molecule has 1 aromatic carbocycles. The van der Waals surface area contributed by atoms with Gasteiger partial charge in [-0.15, -0.1) is 12.4 Å². The summed E-state index contributed by atoms with van der Waals surface area (Å²) < 4.78 is 16.1. The van der Waals surface area contributed by atoms with Gasteiger partial charge in [-0.25, -0.2) is 14.8 Å². The first-order valence-corrected chi connectivity index (χ1v) is 9.07. The van der Waals surface area contributed by atoms with Crippen molar-refractivity contribution in [3.8, 4) is 11.5 Å². The summed E-state index contributed by atoms with van der Waals surface area (Å²) in [5.74, 6) is 2.43. The lowest BCUT2D eigenvalue weighted by molar-refractivity contribution is 0.0901. The van der Waals surface area contributed by atoms with Gasteiger partial charge in [-0.3, -0.25) is 0 Å². The first-order chi connectivity index (χ1) is 13.0. The molecule has 2 aromatic rings. The highest BCUT2D eigenvalue weighted by atomic mass is 35.5. The number of methoxy groups -OCH3 is 2. The van der Waals surface area contributed by atoms with Crippen LogP contribution in [0.25, 0.3) is 10.9 Å². The number of halogens is 1. The average Bonchev–Trinajstić information content (AvgIpc) is 2.70. The van der Waals surface area contributed by atoms with E-state index in [0.29, 0.717) is 50.2 Å². The van der Waals surface area contributed by atoms with E-state index in [0.717, 1.165) is 16.7 Å². The molecule has 3 rings (SSSR count). The van der Waals surface area contributed by atoms with Crippen LogP contribution >= 0.6 is 12.4 Å². The van der Waals surface area contributed by atoms with Crippen molar-refractivity contribution in [2.45, 2.75) is 13.8 Å². The molecule has 0 N–H and O–H groups in total. The van der Waals surface area contributed by atoms with E-state index in [1.165, 1.54) is 0 Å². The predicted octanol–water partition coefficient (Wildman–Crippen LogP) is 2.98.